The number of furan rings is 1. The quantitative estimate of drug-likeness (QED) is 0.210. The Hall–Kier alpha value is -5.67. The summed E-state index contributed by atoms with van der Waals surface area (Å²) in [6, 6.07) is 49.6. The summed E-state index contributed by atoms with van der Waals surface area (Å²) in [6.45, 7) is 0. The first kappa shape index (κ1) is 23.1. The lowest BCUT2D eigenvalue weighted by Gasteiger charge is -2.12. The summed E-state index contributed by atoms with van der Waals surface area (Å²) in [5.74, 6) is 0.785. The van der Waals surface area contributed by atoms with Crippen molar-refractivity contribution in [3.63, 3.8) is 0 Å². The number of nitrogens with zero attached hydrogens (tertiary/aromatic N) is 2. The highest BCUT2D eigenvalue weighted by molar-refractivity contribution is 6.17. The molecule has 0 unspecified atom stereocenters. The van der Waals surface area contributed by atoms with E-state index in [9.17, 15) is 0 Å². The zero-order valence-electron chi connectivity index (χ0n) is 22.7. The number of rotatable bonds is 3. The van der Waals surface area contributed by atoms with Gasteiger partial charge in [-0.15, -0.1) is 0 Å². The molecular weight excluding hydrogens is 512 g/mol. The molecule has 0 radical (unpaired) electrons. The van der Waals surface area contributed by atoms with Gasteiger partial charge in [-0.05, 0) is 73.6 Å². The van der Waals surface area contributed by atoms with Gasteiger partial charge in [-0.25, -0.2) is 4.52 Å². The molecule has 0 aliphatic carbocycles. The highest BCUT2D eigenvalue weighted by Crippen LogP contribution is 2.44. The number of fused-ring (bicyclic) bond motifs is 7. The molecule has 3 heterocycles. The van der Waals surface area contributed by atoms with Crippen molar-refractivity contribution in [3.05, 3.63) is 146 Å². The van der Waals surface area contributed by atoms with Crippen molar-refractivity contribution in [1.82, 2.24) is 9.61 Å². The van der Waals surface area contributed by atoms with Crippen LogP contribution in [0.4, 0.5) is 0 Å². The Morgan fingerprint density at radius 3 is 1.95 bits per heavy atom. The average Bonchev–Trinajstić information content (AvgIpc) is 3.73. The van der Waals surface area contributed by atoms with Crippen LogP contribution in [-0.2, 0) is 0 Å². The lowest BCUT2D eigenvalue weighted by atomic mass is 9.91. The molecule has 0 saturated carbocycles. The van der Waals surface area contributed by atoms with Gasteiger partial charge in [0.2, 0.25) is 0 Å². The standard InChI is InChI=1S/C39H24N2O/c1-2-11-26-22-29(20-19-25(26)10-1)37-38(34-23-27-12-3-5-14-30(27)32-16-7-8-17-33(32)34)40-41-35(36-18-9-21-42-36)24-28-13-4-6-15-31(28)39(37)41/h1-24H. The van der Waals surface area contributed by atoms with Crippen molar-refractivity contribution >= 4 is 48.6 Å². The molecule has 0 fully saturated rings. The molecule has 9 rings (SSSR count). The maximum atomic E-state index is 5.96. The Morgan fingerprint density at radius 1 is 0.500 bits per heavy atom. The van der Waals surface area contributed by atoms with E-state index < -0.39 is 0 Å². The Morgan fingerprint density at radius 2 is 1.17 bits per heavy atom. The van der Waals surface area contributed by atoms with E-state index in [4.69, 9.17) is 9.52 Å². The molecule has 196 valence electrons. The third-order valence-electron chi connectivity index (χ3n) is 8.46. The van der Waals surface area contributed by atoms with Gasteiger partial charge in [-0.1, -0.05) is 109 Å². The molecule has 42 heavy (non-hydrogen) atoms. The van der Waals surface area contributed by atoms with Crippen molar-refractivity contribution in [1.29, 1.82) is 0 Å². The number of aromatic nitrogens is 2. The van der Waals surface area contributed by atoms with Crippen LogP contribution in [0.1, 0.15) is 0 Å². The van der Waals surface area contributed by atoms with Crippen molar-refractivity contribution in [2.24, 2.45) is 0 Å². The summed E-state index contributed by atoms with van der Waals surface area (Å²) in [6.07, 6.45) is 1.72. The monoisotopic (exact) mass is 536 g/mol. The van der Waals surface area contributed by atoms with E-state index >= 15 is 0 Å². The maximum Gasteiger partial charge on any atom is 0.152 e. The fourth-order valence-electron chi connectivity index (χ4n) is 6.54. The first-order valence-electron chi connectivity index (χ1n) is 14.2. The summed E-state index contributed by atoms with van der Waals surface area (Å²) < 4.78 is 8.05. The Balaban J connectivity index is 1.50. The van der Waals surface area contributed by atoms with Crippen molar-refractivity contribution in [3.8, 4) is 33.8 Å². The van der Waals surface area contributed by atoms with Crippen molar-refractivity contribution < 1.29 is 4.42 Å². The zero-order chi connectivity index (χ0) is 27.6. The van der Waals surface area contributed by atoms with Crippen LogP contribution in [-0.4, -0.2) is 9.61 Å². The third kappa shape index (κ3) is 3.37. The van der Waals surface area contributed by atoms with E-state index in [1.54, 1.807) is 6.26 Å². The molecule has 0 saturated heterocycles. The molecule has 0 amide bonds. The molecular formula is C39H24N2O. The number of benzene rings is 6. The highest BCUT2D eigenvalue weighted by atomic mass is 16.3. The predicted molar refractivity (Wildman–Crippen MR) is 174 cm³/mol. The molecule has 3 nitrogen and oxygen atoms in total. The second-order valence-electron chi connectivity index (χ2n) is 10.8. The normalized spacial score (nSPS) is 11.8. The summed E-state index contributed by atoms with van der Waals surface area (Å²) in [5.41, 5.74) is 6.32. The van der Waals surface area contributed by atoms with Gasteiger partial charge >= 0.3 is 0 Å². The molecule has 0 aliphatic rings. The van der Waals surface area contributed by atoms with E-state index in [0.717, 1.165) is 50.1 Å². The Kier molecular flexibility index (Phi) is 4.90. The molecule has 0 spiro atoms. The van der Waals surface area contributed by atoms with E-state index in [1.165, 1.54) is 32.3 Å². The highest BCUT2D eigenvalue weighted by Gasteiger charge is 2.24. The molecule has 9 aromatic rings. The fraction of sp³-hybridized carbons (Fsp3) is 0. The Labute approximate surface area is 241 Å². The summed E-state index contributed by atoms with van der Waals surface area (Å²) in [4.78, 5) is 0. The minimum Gasteiger partial charge on any atom is -0.463 e. The van der Waals surface area contributed by atoms with Gasteiger partial charge in [0.1, 0.15) is 11.4 Å². The molecule has 0 bridgehead atoms. The number of hydrogen-bond acceptors (Lipinski definition) is 2. The van der Waals surface area contributed by atoms with Gasteiger partial charge in [0.15, 0.2) is 5.76 Å². The summed E-state index contributed by atoms with van der Waals surface area (Å²) in [7, 11) is 0. The second kappa shape index (κ2) is 8.92. The van der Waals surface area contributed by atoms with Crippen LogP contribution in [0.3, 0.4) is 0 Å². The Bertz CT molecular complexity index is 2470. The van der Waals surface area contributed by atoms with Gasteiger partial charge in [-0.3, -0.25) is 0 Å². The van der Waals surface area contributed by atoms with Gasteiger partial charge in [0.05, 0.1) is 11.8 Å². The van der Waals surface area contributed by atoms with E-state index in [0.29, 0.717) is 0 Å². The molecule has 6 aromatic carbocycles. The smallest absolute Gasteiger partial charge is 0.152 e. The van der Waals surface area contributed by atoms with Crippen LogP contribution >= 0.6 is 0 Å². The van der Waals surface area contributed by atoms with Crippen LogP contribution in [0.2, 0.25) is 0 Å². The van der Waals surface area contributed by atoms with Crippen LogP contribution in [0.15, 0.2) is 150 Å². The number of pyridine rings is 1. The SMILES string of the molecule is c1coc(-c2cc3ccccc3c3c(-c4ccc5ccccc5c4)c(-c4cc5ccccc5c5ccccc45)nn23)c1. The second-order valence-corrected chi connectivity index (χ2v) is 10.8. The molecule has 0 N–H and O–H groups in total. The van der Waals surface area contributed by atoms with Gasteiger partial charge in [-0.2, -0.15) is 5.10 Å². The first-order valence-corrected chi connectivity index (χ1v) is 14.2. The van der Waals surface area contributed by atoms with Crippen LogP contribution in [0.25, 0.3) is 82.4 Å². The maximum absolute atomic E-state index is 5.96. The van der Waals surface area contributed by atoms with Gasteiger partial charge < -0.3 is 4.42 Å². The molecule has 0 atom stereocenters. The molecule has 3 aromatic heterocycles. The average molecular weight is 537 g/mol. The van der Waals surface area contributed by atoms with Crippen molar-refractivity contribution in [2.75, 3.05) is 0 Å². The van der Waals surface area contributed by atoms with E-state index in [1.807, 2.05) is 12.1 Å². The molecule has 0 aliphatic heterocycles. The lowest BCUT2D eigenvalue weighted by Crippen LogP contribution is -1.95. The van der Waals surface area contributed by atoms with E-state index in [2.05, 4.69) is 132 Å². The topological polar surface area (TPSA) is 30.4 Å². The lowest BCUT2D eigenvalue weighted by molar-refractivity contribution is 0.578. The van der Waals surface area contributed by atoms with E-state index in [-0.39, 0.29) is 0 Å². The van der Waals surface area contributed by atoms with Crippen LogP contribution < -0.4 is 0 Å². The van der Waals surface area contributed by atoms with Crippen LogP contribution in [0.5, 0.6) is 0 Å². The number of hydrogen-bond donors (Lipinski definition) is 0. The minimum absolute atomic E-state index is 0.785. The van der Waals surface area contributed by atoms with Gasteiger partial charge in [0.25, 0.3) is 0 Å². The molecule has 3 heteroatoms. The van der Waals surface area contributed by atoms with Crippen molar-refractivity contribution in [2.45, 2.75) is 0 Å². The predicted octanol–water partition coefficient (Wildman–Crippen LogP) is 10.5. The first-order chi connectivity index (χ1) is 20.8. The minimum atomic E-state index is 0.785. The fourth-order valence-corrected chi connectivity index (χ4v) is 6.54. The van der Waals surface area contributed by atoms with Gasteiger partial charge in [0, 0.05) is 16.5 Å². The largest absolute Gasteiger partial charge is 0.463 e. The third-order valence-corrected chi connectivity index (χ3v) is 8.46. The van der Waals surface area contributed by atoms with Crippen LogP contribution in [0, 0.1) is 0 Å². The summed E-state index contributed by atoms with van der Waals surface area (Å²) >= 11 is 0. The summed E-state index contributed by atoms with van der Waals surface area (Å²) in [5, 5.41) is 15.0. The zero-order valence-corrected chi connectivity index (χ0v) is 22.7.